The number of aliphatic hydroxyl groups is 1. The molecule has 0 bridgehead atoms. The number of ether oxygens (including phenoxy) is 1. The molecule has 0 radical (unpaired) electrons. The Morgan fingerprint density at radius 3 is 2.71 bits per heavy atom. The van der Waals surface area contributed by atoms with Crippen LogP contribution in [0.15, 0.2) is 0 Å². The van der Waals surface area contributed by atoms with Crippen LogP contribution in [0.2, 0.25) is 0 Å². The largest absolute Gasteiger partial charge is 0.392 e. The third-order valence-electron chi connectivity index (χ3n) is 3.89. The van der Waals surface area contributed by atoms with Crippen molar-refractivity contribution in [1.82, 2.24) is 10.2 Å². The van der Waals surface area contributed by atoms with Crippen LogP contribution < -0.4 is 5.32 Å². The summed E-state index contributed by atoms with van der Waals surface area (Å²) < 4.78 is 5.32. The molecule has 0 aromatic rings. The van der Waals surface area contributed by atoms with Crippen molar-refractivity contribution in [2.75, 3.05) is 39.4 Å². The van der Waals surface area contributed by atoms with E-state index in [0.29, 0.717) is 6.04 Å². The quantitative estimate of drug-likeness (QED) is 0.693. The molecule has 2 aliphatic rings. The molecule has 2 unspecified atom stereocenters. The van der Waals surface area contributed by atoms with E-state index in [1.54, 1.807) is 0 Å². The molecular formula is C13H26N2O2. The van der Waals surface area contributed by atoms with Crippen LogP contribution in [0.3, 0.4) is 0 Å². The lowest BCUT2D eigenvalue weighted by Gasteiger charge is -2.29. The summed E-state index contributed by atoms with van der Waals surface area (Å²) in [4.78, 5) is 2.46. The molecular weight excluding hydrogens is 216 g/mol. The lowest BCUT2D eigenvalue weighted by molar-refractivity contribution is 0.0368. The highest BCUT2D eigenvalue weighted by atomic mass is 16.5. The zero-order chi connectivity index (χ0) is 11.9. The predicted octanol–water partition coefficient (Wildman–Crippen LogP) is 0.602. The van der Waals surface area contributed by atoms with Gasteiger partial charge >= 0.3 is 0 Å². The van der Waals surface area contributed by atoms with Crippen LogP contribution in [0.4, 0.5) is 0 Å². The Balaban J connectivity index is 1.53. The first kappa shape index (κ1) is 13.3. The number of nitrogens with one attached hydrogen (secondary N) is 1. The fourth-order valence-electron chi connectivity index (χ4n) is 2.76. The molecule has 1 aliphatic heterocycles. The van der Waals surface area contributed by atoms with E-state index in [4.69, 9.17) is 4.74 Å². The molecule has 0 aromatic heterocycles. The molecule has 0 amide bonds. The number of morpholine rings is 1. The van der Waals surface area contributed by atoms with Crippen LogP contribution in [-0.2, 0) is 4.74 Å². The van der Waals surface area contributed by atoms with Crippen LogP contribution in [0.25, 0.3) is 0 Å². The smallest absolute Gasteiger partial charge is 0.0693 e. The van der Waals surface area contributed by atoms with Gasteiger partial charge in [0.05, 0.1) is 19.3 Å². The van der Waals surface area contributed by atoms with E-state index in [0.717, 1.165) is 52.2 Å². The molecule has 2 N–H and O–H groups in total. The highest BCUT2D eigenvalue weighted by Gasteiger charge is 2.21. The van der Waals surface area contributed by atoms with Gasteiger partial charge in [-0.15, -0.1) is 0 Å². The fraction of sp³-hybridized carbons (Fsp3) is 1.00. The van der Waals surface area contributed by atoms with Crippen LogP contribution in [0.1, 0.15) is 32.1 Å². The fourth-order valence-corrected chi connectivity index (χ4v) is 2.76. The van der Waals surface area contributed by atoms with E-state index in [-0.39, 0.29) is 6.10 Å². The van der Waals surface area contributed by atoms with Gasteiger partial charge in [0.2, 0.25) is 0 Å². The second-order valence-corrected chi connectivity index (χ2v) is 5.22. The highest BCUT2D eigenvalue weighted by Crippen LogP contribution is 2.18. The first-order valence-corrected chi connectivity index (χ1v) is 7.08. The van der Waals surface area contributed by atoms with Crippen LogP contribution >= 0.6 is 0 Å². The molecule has 0 aromatic carbocycles. The maximum absolute atomic E-state index is 9.83. The Hall–Kier alpha value is -0.160. The predicted molar refractivity (Wildman–Crippen MR) is 68.1 cm³/mol. The van der Waals surface area contributed by atoms with Gasteiger partial charge in [-0.05, 0) is 32.4 Å². The minimum Gasteiger partial charge on any atom is -0.392 e. The molecule has 1 heterocycles. The highest BCUT2D eigenvalue weighted by molar-refractivity contribution is 4.80. The Morgan fingerprint density at radius 1 is 1.18 bits per heavy atom. The summed E-state index contributed by atoms with van der Waals surface area (Å²) in [5.74, 6) is 0. The number of rotatable bonds is 5. The summed E-state index contributed by atoms with van der Waals surface area (Å²) in [6.45, 7) is 6.10. The molecule has 1 saturated heterocycles. The Labute approximate surface area is 104 Å². The normalized spacial score (nSPS) is 31.6. The molecule has 4 heteroatoms. The SMILES string of the molecule is OC1CCCCC1NCCCN1CCOCC1. The van der Waals surface area contributed by atoms with Crippen molar-refractivity contribution in [2.24, 2.45) is 0 Å². The van der Waals surface area contributed by atoms with Gasteiger partial charge < -0.3 is 15.2 Å². The van der Waals surface area contributed by atoms with E-state index in [2.05, 4.69) is 10.2 Å². The van der Waals surface area contributed by atoms with Gasteiger partial charge in [-0.2, -0.15) is 0 Å². The topological polar surface area (TPSA) is 44.7 Å². The zero-order valence-corrected chi connectivity index (χ0v) is 10.7. The number of hydrogen-bond acceptors (Lipinski definition) is 4. The van der Waals surface area contributed by atoms with E-state index in [1.807, 2.05) is 0 Å². The monoisotopic (exact) mass is 242 g/mol. The second-order valence-electron chi connectivity index (χ2n) is 5.22. The van der Waals surface area contributed by atoms with Crippen LogP contribution in [0, 0.1) is 0 Å². The van der Waals surface area contributed by atoms with Crippen molar-refractivity contribution in [1.29, 1.82) is 0 Å². The molecule has 0 spiro atoms. The summed E-state index contributed by atoms with van der Waals surface area (Å²) in [6, 6.07) is 0.341. The molecule has 4 nitrogen and oxygen atoms in total. The molecule has 2 atom stereocenters. The van der Waals surface area contributed by atoms with Crippen molar-refractivity contribution in [3.63, 3.8) is 0 Å². The molecule has 2 rings (SSSR count). The summed E-state index contributed by atoms with van der Waals surface area (Å²) in [5, 5.41) is 13.3. The maximum Gasteiger partial charge on any atom is 0.0693 e. The van der Waals surface area contributed by atoms with Crippen molar-refractivity contribution < 1.29 is 9.84 Å². The van der Waals surface area contributed by atoms with Gasteiger partial charge in [-0.3, -0.25) is 4.90 Å². The average molecular weight is 242 g/mol. The maximum atomic E-state index is 9.83. The standard InChI is InChI=1S/C13H26N2O2/c16-13-5-2-1-4-12(13)14-6-3-7-15-8-10-17-11-9-15/h12-14,16H,1-11H2. The Morgan fingerprint density at radius 2 is 1.94 bits per heavy atom. The zero-order valence-electron chi connectivity index (χ0n) is 10.7. The minimum absolute atomic E-state index is 0.118. The van der Waals surface area contributed by atoms with E-state index >= 15 is 0 Å². The summed E-state index contributed by atoms with van der Waals surface area (Å²) in [6.07, 6.45) is 5.61. The minimum atomic E-state index is -0.118. The summed E-state index contributed by atoms with van der Waals surface area (Å²) in [7, 11) is 0. The molecule has 1 aliphatic carbocycles. The Bertz CT molecular complexity index is 208. The van der Waals surface area contributed by atoms with Gasteiger partial charge in [0.15, 0.2) is 0 Å². The Kier molecular flexibility index (Phi) is 5.71. The van der Waals surface area contributed by atoms with Crippen molar-refractivity contribution in [3.05, 3.63) is 0 Å². The summed E-state index contributed by atoms with van der Waals surface area (Å²) in [5.41, 5.74) is 0. The third-order valence-corrected chi connectivity index (χ3v) is 3.89. The number of nitrogens with zero attached hydrogens (tertiary/aromatic N) is 1. The first-order valence-electron chi connectivity index (χ1n) is 7.08. The lowest BCUT2D eigenvalue weighted by Crippen LogP contribution is -2.43. The number of hydrogen-bond donors (Lipinski definition) is 2. The van der Waals surface area contributed by atoms with Crippen molar-refractivity contribution in [3.8, 4) is 0 Å². The molecule has 1 saturated carbocycles. The number of aliphatic hydroxyl groups excluding tert-OH is 1. The van der Waals surface area contributed by atoms with Gasteiger partial charge in [0.1, 0.15) is 0 Å². The van der Waals surface area contributed by atoms with E-state index in [1.165, 1.54) is 19.3 Å². The average Bonchev–Trinajstić information content (AvgIpc) is 2.38. The van der Waals surface area contributed by atoms with Gasteiger partial charge in [0, 0.05) is 19.1 Å². The summed E-state index contributed by atoms with van der Waals surface area (Å²) >= 11 is 0. The van der Waals surface area contributed by atoms with E-state index < -0.39 is 0 Å². The van der Waals surface area contributed by atoms with Crippen LogP contribution in [-0.4, -0.2) is 61.5 Å². The first-order chi connectivity index (χ1) is 8.36. The van der Waals surface area contributed by atoms with E-state index in [9.17, 15) is 5.11 Å². The van der Waals surface area contributed by atoms with Gasteiger partial charge in [-0.1, -0.05) is 12.8 Å². The lowest BCUT2D eigenvalue weighted by atomic mass is 9.92. The third kappa shape index (κ3) is 4.54. The molecule has 100 valence electrons. The second kappa shape index (κ2) is 7.31. The van der Waals surface area contributed by atoms with Gasteiger partial charge in [0.25, 0.3) is 0 Å². The van der Waals surface area contributed by atoms with Crippen molar-refractivity contribution in [2.45, 2.75) is 44.2 Å². The van der Waals surface area contributed by atoms with Gasteiger partial charge in [-0.25, -0.2) is 0 Å². The molecule has 2 fully saturated rings. The molecule has 17 heavy (non-hydrogen) atoms. The van der Waals surface area contributed by atoms with Crippen LogP contribution in [0.5, 0.6) is 0 Å². The van der Waals surface area contributed by atoms with Crippen molar-refractivity contribution >= 4 is 0 Å².